The van der Waals surface area contributed by atoms with Crippen LogP contribution in [0.4, 0.5) is 0 Å². The van der Waals surface area contributed by atoms with Gasteiger partial charge >= 0.3 is 0 Å². The van der Waals surface area contributed by atoms with Crippen molar-refractivity contribution >= 4 is 28.9 Å². The number of benzene rings is 1. The normalized spacial score (nSPS) is 20.5. The van der Waals surface area contributed by atoms with Gasteiger partial charge < -0.3 is 9.64 Å². The van der Waals surface area contributed by atoms with E-state index in [4.69, 9.17) is 10.00 Å². The van der Waals surface area contributed by atoms with Crippen LogP contribution in [0.2, 0.25) is 0 Å². The highest BCUT2D eigenvalue weighted by atomic mass is 32.2. The van der Waals surface area contributed by atoms with E-state index in [1.165, 1.54) is 11.8 Å². The smallest absolute Gasteiger partial charge is 0.286 e. The zero-order valence-electron chi connectivity index (χ0n) is 11.3. The van der Waals surface area contributed by atoms with Crippen LogP contribution in [0.15, 0.2) is 34.2 Å². The van der Waals surface area contributed by atoms with E-state index in [1.807, 2.05) is 18.2 Å². The van der Waals surface area contributed by atoms with E-state index >= 15 is 0 Å². The largest absolute Gasteiger partial charge is 0.378 e. The molecule has 0 N–H and O–H groups in total. The average Bonchev–Trinajstić information content (AvgIpc) is 2.90. The van der Waals surface area contributed by atoms with Crippen LogP contribution in [0.25, 0.3) is 6.08 Å². The van der Waals surface area contributed by atoms with Crippen molar-refractivity contribution in [3.8, 4) is 6.07 Å². The molecule has 0 aliphatic carbocycles. The number of rotatable bonds is 1. The molecule has 2 aliphatic rings. The number of morpholine rings is 1. The number of nitriles is 1. The van der Waals surface area contributed by atoms with Crippen LogP contribution in [0.3, 0.4) is 0 Å². The Hall–Kier alpha value is -2.10. The van der Waals surface area contributed by atoms with Crippen molar-refractivity contribution in [1.82, 2.24) is 4.90 Å². The number of amidine groups is 1. The minimum Gasteiger partial charge on any atom is -0.378 e. The molecule has 1 amide bonds. The highest BCUT2D eigenvalue weighted by Crippen LogP contribution is 2.30. The van der Waals surface area contributed by atoms with Gasteiger partial charge in [-0.15, -0.1) is 0 Å². The number of carbonyl (C=O) groups excluding carboxylic acids is 1. The first-order chi connectivity index (χ1) is 10.3. The molecule has 3 rings (SSSR count). The van der Waals surface area contributed by atoms with Gasteiger partial charge in [0.1, 0.15) is 0 Å². The van der Waals surface area contributed by atoms with Gasteiger partial charge in [-0.05, 0) is 35.5 Å². The Kier molecular flexibility index (Phi) is 4.04. The Morgan fingerprint density at radius 1 is 1.29 bits per heavy atom. The van der Waals surface area contributed by atoms with Crippen molar-refractivity contribution in [3.05, 3.63) is 40.3 Å². The summed E-state index contributed by atoms with van der Waals surface area (Å²) in [7, 11) is 0. The number of hydrogen-bond acceptors (Lipinski definition) is 5. The van der Waals surface area contributed by atoms with Crippen LogP contribution in [0, 0.1) is 11.3 Å². The Morgan fingerprint density at radius 3 is 2.67 bits per heavy atom. The number of thioether (sulfide) groups is 1. The van der Waals surface area contributed by atoms with Gasteiger partial charge in [-0.25, -0.2) is 0 Å². The zero-order valence-corrected chi connectivity index (χ0v) is 12.1. The molecule has 0 radical (unpaired) electrons. The lowest BCUT2D eigenvalue weighted by Gasteiger charge is -2.27. The maximum Gasteiger partial charge on any atom is 0.286 e. The lowest BCUT2D eigenvalue weighted by Crippen LogP contribution is -2.38. The number of amides is 1. The molecule has 0 saturated carbocycles. The van der Waals surface area contributed by atoms with Crippen LogP contribution in [0.5, 0.6) is 0 Å². The molecule has 0 spiro atoms. The summed E-state index contributed by atoms with van der Waals surface area (Å²) in [6.45, 7) is 2.87. The summed E-state index contributed by atoms with van der Waals surface area (Å²) in [4.78, 5) is 18.8. The second kappa shape index (κ2) is 6.12. The third-order valence-electron chi connectivity index (χ3n) is 3.23. The third-order valence-corrected chi connectivity index (χ3v) is 4.27. The molecule has 0 bridgehead atoms. The van der Waals surface area contributed by atoms with Gasteiger partial charge in [-0.1, -0.05) is 12.1 Å². The Bertz CT molecular complexity index is 652. The number of nitrogens with zero attached hydrogens (tertiary/aromatic N) is 3. The number of aliphatic imine (C=N–C) groups is 1. The predicted octanol–water partition coefficient (Wildman–Crippen LogP) is 1.86. The molecule has 2 aliphatic heterocycles. The van der Waals surface area contributed by atoms with Crippen LogP contribution in [-0.4, -0.2) is 42.3 Å². The topological polar surface area (TPSA) is 65.7 Å². The predicted molar refractivity (Wildman–Crippen MR) is 81.6 cm³/mol. The number of hydrogen-bond donors (Lipinski definition) is 0. The van der Waals surface area contributed by atoms with Crippen molar-refractivity contribution in [1.29, 1.82) is 5.26 Å². The minimum absolute atomic E-state index is 0.203. The fraction of sp³-hybridized carbons (Fsp3) is 0.267. The summed E-state index contributed by atoms with van der Waals surface area (Å²) in [5.74, 6) is -0.203. The van der Waals surface area contributed by atoms with Gasteiger partial charge in [0, 0.05) is 13.1 Å². The van der Waals surface area contributed by atoms with Crippen LogP contribution < -0.4 is 0 Å². The van der Waals surface area contributed by atoms with E-state index in [0.29, 0.717) is 23.7 Å². The molecule has 0 unspecified atom stereocenters. The Balaban J connectivity index is 1.74. The number of carbonyl (C=O) groups is 1. The van der Waals surface area contributed by atoms with E-state index < -0.39 is 0 Å². The molecular weight excluding hydrogens is 286 g/mol. The number of ether oxygens (including phenoxy) is 1. The lowest BCUT2D eigenvalue weighted by atomic mass is 10.1. The van der Waals surface area contributed by atoms with Crippen molar-refractivity contribution in [2.24, 2.45) is 4.99 Å². The van der Waals surface area contributed by atoms with E-state index in [9.17, 15) is 4.79 Å². The van der Waals surface area contributed by atoms with Crippen molar-refractivity contribution in [2.75, 3.05) is 26.3 Å². The third kappa shape index (κ3) is 3.15. The molecule has 21 heavy (non-hydrogen) atoms. The van der Waals surface area contributed by atoms with Crippen molar-refractivity contribution < 1.29 is 9.53 Å². The molecule has 0 atom stereocenters. The minimum atomic E-state index is -0.203. The van der Waals surface area contributed by atoms with Crippen LogP contribution >= 0.6 is 11.8 Å². The summed E-state index contributed by atoms with van der Waals surface area (Å²) in [6.07, 6.45) is 1.81. The summed E-state index contributed by atoms with van der Waals surface area (Å²) in [5.41, 5.74) is 1.50. The first-order valence-corrected chi connectivity index (χ1v) is 7.43. The molecular formula is C15H13N3O2S. The second-order valence-electron chi connectivity index (χ2n) is 4.64. The summed E-state index contributed by atoms with van der Waals surface area (Å²) < 4.78 is 5.30. The SMILES string of the molecule is N#Cc1ccc(/C=C2/SC(N3CCOCC3)=NC2=O)cc1. The molecule has 1 aromatic carbocycles. The molecule has 1 fully saturated rings. The molecule has 106 valence electrons. The van der Waals surface area contributed by atoms with Crippen molar-refractivity contribution in [3.63, 3.8) is 0 Å². The summed E-state index contributed by atoms with van der Waals surface area (Å²) >= 11 is 1.40. The molecule has 1 saturated heterocycles. The molecule has 0 aromatic heterocycles. The molecule has 2 heterocycles. The average molecular weight is 299 g/mol. The first kappa shape index (κ1) is 13.9. The fourth-order valence-electron chi connectivity index (χ4n) is 2.09. The molecule has 6 heteroatoms. The maximum absolute atomic E-state index is 12.0. The van der Waals surface area contributed by atoms with Gasteiger partial charge in [-0.2, -0.15) is 10.3 Å². The van der Waals surface area contributed by atoms with E-state index in [1.54, 1.807) is 12.1 Å². The first-order valence-electron chi connectivity index (χ1n) is 6.62. The quantitative estimate of drug-likeness (QED) is 0.741. The second-order valence-corrected chi connectivity index (χ2v) is 5.65. The van der Waals surface area contributed by atoms with E-state index in [0.717, 1.165) is 23.8 Å². The zero-order chi connectivity index (χ0) is 14.7. The highest BCUT2D eigenvalue weighted by molar-refractivity contribution is 8.18. The van der Waals surface area contributed by atoms with Gasteiger partial charge in [0.15, 0.2) is 5.17 Å². The van der Waals surface area contributed by atoms with Crippen LogP contribution in [-0.2, 0) is 9.53 Å². The van der Waals surface area contributed by atoms with Gasteiger partial charge in [-0.3, -0.25) is 4.79 Å². The molecule has 5 nitrogen and oxygen atoms in total. The Morgan fingerprint density at radius 2 is 2.00 bits per heavy atom. The van der Waals surface area contributed by atoms with Gasteiger partial charge in [0.25, 0.3) is 5.91 Å². The monoisotopic (exact) mass is 299 g/mol. The Labute approximate surface area is 126 Å². The van der Waals surface area contributed by atoms with Gasteiger partial charge in [0.05, 0.1) is 29.8 Å². The van der Waals surface area contributed by atoms with E-state index in [-0.39, 0.29) is 5.91 Å². The van der Waals surface area contributed by atoms with Crippen molar-refractivity contribution in [2.45, 2.75) is 0 Å². The summed E-state index contributed by atoms with van der Waals surface area (Å²) in [6, 6.07) is 9.20. The highest BCUT2D eigenvalue weighted by Gasteiger charge is 2.26. The maximum atomic E-state index is 12.0. The standard InChI is InChI=1S/C15H13N3O2S/c16-10-12-3-1-11(2-4-12)9-13-14(19)17-15(21-13)18-5-7-20-8-6-18/h1-4,9H,5-8H2/b13-9+. The van der Waals surface area contributed by atoms with Crippen LogP contribution in [0.1, 0.15) is 11.1 Å². The summed E-state index contributed by atoms with van der Waals surface area (Å²) in [5, 5.41) is 9.53. The molecule has 1 aromatic rings. The van der Waals surface area contributed by atoms with E-state index in [2.05, 4.69) is 16.0 Å². The van der Waals surface area contributed by atoms with Gasteiger partial charge in [0.2, 0.25) is 0 Å². The lowest BCUT2D eigenvalue weighted by molar-refractivity contribution is -0.113. The fourth-order valence-corrected chi connectivity index (χ4v) is 3.06.